The molecule has 8 heteroatoms. The lowest BCUT2D eigenvalue weighted by Crippen LogP contribution is -2.36. The van der Waals surface area contributed by atoms with E-state index in [-0.39, 0.29) is 17.7 Å². The van der Waals surface area contributed by atoms with Gasteiger partial charge in [-0.1, -0.05) is 23.7 Å². The van der Waals surface area contributed by atoms with Crippen LogP contribution in [0.2, 0.25) is 5.02 Å². The molecule has 1 amide bonds. The molecule has 1 fully saturated rings. The van der Waals surface area contributed by atoms with E-state index >= 15 is 0 Å². The number of carbonyl (C=O) groups is 1. The van der Waals surface area contributed by atoms with Gasteiger partial charge in [0.2, 0.25) is 0 Å². The molecule has 2 aromatic rings. The summed E-state index contributed by atoms with van der Waals surface area (Å²) in [5.41, 5.74) is 1.44. The second-order valence-electron chi connectivity index (χ2n) is 6.39. The molecule has 0 aliphatic carbocycles. The van der Waals surface area contributed by atoms with Crippen molar-refractivity contribution in [2.75, 3.05) is 13.1 Å². The second-order valence-corrected chi connectivity index (χ2v) is 6.83. The SMILES string of the molecule is O=C(NC1CCN(Cc2ccc(Cl)cc2)C1)c1ccc(OC(F)(F)F)cc1. The van der Waals surface area contributed by atoms with Crippen molar-refractivity contribution in [2.24, 2.45) is 0 Å². The van der Waals surface area contributed by atoms with E-state index in [1.165, 1.54) is 12.1 Å². The number of nitrogens with one attached hydrogen (secondary N) is 1. The topological polar surface area (TPSA) is 41.6 Å². The van der Waals surface area contributed by atoms with Gasteiger partial charge in [0, 0.05) is 36.3 Å². The van der Waals surface area contributed by atoms with Gasteiger partial charge in [-0.05, 0) is 48.4 Å². The van der Waals surface area contributed by atoms with Crippen LogP contribution < -0.4 is 10.1 Å². The second kappa shape index (κ2) is 8.19. The van der Waals surface area contributed by atoms with Crippen LogP contribution >= 0.6 is 11.6 Å². The molecule has 4 nitrogen and oxygen atoms in total. The standard InChI is InChI=1S/C19H18ClF3N2O2/c20-15-5-1-13(2-6-15)11-25-10-9-16(12-25)24-18(26)14-3-7-17(8-4-14)27-19(21,22)23/h1-8,16H,9-12H2,(H,24,26). The predicted molar refractivity (Wildman–Crippen MR) is 95.7 cm³/mol. The Kier molecular flexibility index (Phi) is 5.92. The highest BCUT2D eigenvalue weighted by molar-refractivity contribution is 6.30. The summed E-state index contributed by atoms with van der Waals surface area (Å²) < 4.78 is 40.3. The van der Waals surface area contributed by atoms with Gasteiger partial charge in [0.15, 0.2) is 0 Å². The molecule has 1 aliphatic heterocycles. The summed E-state index contributed by atoms with van der Waals surface area (Å²) in [6.45, 7) is 2.34. The summed E-state index contributed by atoms with van der Waals surface area (Å²) >= 11 is 5.88. The van der Waals surface area contributed by atoms with Crippen molar-refractivity contribution in [1.29, 1.82) is 0 Å². The number of nitrogens with zero attached hydrogens (tertiary/aromatic N) is 1. The Labute approximate surface area is 159 Å². The molecule has 144 valence electrons. The summed E-state index contributed by atoms with van der Waals surface area (Å²) in [5.74, 6) is -0.666. The van der Waals surface area contributed by atoms with E-state index < -0.39 is 6.36 Å². The summed E-state index contributed by atoms with van der Waals surface area (Å²) in [6.07, 6.45) is -3.93. The first-order valence-electron chi connectivity index (χ1n) is 8.42. The average molecular weight is 399 g/mol. The van der Waals surface area contributed by atoms with Crippen LogP contribution in [0.4, 0.5) is 13.2 Å². The van der Waals surface area contributed by atoms with Gasteiger partial charge < -0.3 is 10.1 Å². The highest BCUT2D eigenvalue weighted by atomic mass is 35.5. The van der Waals surface area contributed by atoms with E-state index in [1.54, 1.807) is 0 Å². The van der Waals surface area contributed by atoms with Crippen molar-refractivity contribution in [3.8, 4) is 5.75 Å². The average Bonchev–Trinajstić information content (AvgIpc) is 3.03. The number of amides is 1. The van der Waals surface area contributed by atoms with Gasteiger partial charge in [-0.2, -0.15) is 0 Å². The minimum absolute atomic E-state index is 0.00379. The molecule has 0 bridgehead atoms. The van der Waals surface area contributed by atoms with E-state index in [9.17, 15) is 18.0 Å². The van der Waals surface area contributed by atoms with Gasteiger partial charge in [0.05, 0.1) is 0 Å². The molecule has 0 radical (unpaired) electrons. The Morgan fingerprint density at radius 2 is 1.81 bits per heavy atom. The van der Waals surface area contributed by atoms with Gasteiger partial charge in [-0.15, -0.1) is 13.2 Å². The molecule has 0 aromatic heterocycles. The Morgan fingerprint density at radius 3 is 2.44 bits per heavy atom. The van der Waals surface area contributed by atoms with Gasteiger partial charge in [0.1, 0.15) is 5.75 Å². The van der Waals surface area contributed by atoms with Gasteiger partial charge in [0.25, 0.3) is 5.91 Å². The van der Waals surface area contributed by atoms with Crippen molar-refractivity contribution in [3.63, 3.8) is 0 Å². The fourth-order valence-electron chi connectivity index (χ4n) is 3.02. The third-order valence-corrected chi connectivity index (χ3v) is 4.53. The quantitative estimate of drug-likeness (QED) is 0.819. The Hall–Kier alpha value is -2.25. The zero-order valence-corrected chi connectivity index (χ0v) is 15.1. The molecular weight excluding hydrogens is 381 g/mol. The van der Waals surface area contributed by atoms with Crippen molar-refractivity contribution in [1.82, 2.24) is 10.2 Å². The fourth-order valence-corrected chi connectivity index (χ4v) is 3.14. The molecule has 1 saturated heterocycles. The number of alkyl halides is 3. The summed E-state index contributed by atoms with van der Waals surface area (Å²) in [6, 6.07) is 12.5. The first-order valence-corrected chi connectivity index (χ1v) is 8.80. The molecule has 3 rings (SSSR count). The van der Waals surface area contributed by atoms with Crippen LogP contribution in [-0.4, -0.2) is 36.3 Å². The largest absolute Gasteiger partial charge is 0.573 e. The van der Waals surface area contributed by atoms with Gasteiger partial charge in [-0.25, -0.2) is 0 Å². The summed E-state index contributed by atoms with van der Waals surface area (Å²) in [7, 11) is 0. The van der Waals surface area contributed by atoms with E-state index in [0.717, 1.165) is 37.2 Å². The minimum atomic E-state index is -4.75. The zero-order chi connectivity index (χ0) is 19.4. The lowest BCUT2D eigenvalue weighted by Gasteiger charge is -2.17. The first kappa shape index (κ1) is 19.5. The molecule has 0 spiro atoms. The number of halogens is 4. The molecular formula is C19H18ClF3N2O2. The van der Waals surface area contributed by atoms with Crippen molar-refractivity contribution >= 4 is 17.5 Å². The van der Waals surface area contributed by atoms with Crippen LogP contribution in [0.1, 0.15) is 22.3 Å². The number of hydrogen-bond donors (Lipinski definition) is 1. The highest BCUT2D eigenvalue weighted by Gasteiger charge is 2.31. The van der Waals surface area contributed by atoms with E-state index in [1.807, 2.05) is 24.3 Å². The summed E-state index contributed by atoms with van der Waals surface area (Å²) in [4.78, 5) is 14.5. The number of carbonyl (C=O) groups excluding carboxylic acids is 1. The molecule has 0 saturated carbocycles. The fraction of sp³-hybridized carbons (Fsp3) is 0.316. The van der Waals surface area contributed by atoms with Crippen molar-refractivity contribution < 1.29 is 22.7 Å². The van der Waals surface area contributed by atoms with Crippen LogP contribution in [0, 0.1) is 0 Å². The van der Waals surface area contributed by atoms with Crippen LogP contribution in [0.15, 0.2) is 48.5 Å². The Morgan fingerprint density at radius 1 is 1.15 bits per heavy atom. The number of hydrogen-bond acceptors (Lipinski definition) is 3. The Balaban J connectivity index is 1.50. The van der Waals surface area contributed by atoms with Crippen LogP contribution in [0.5, 0.6) is 5.75 Å². The third kappa shape index (κ3) is 5.87. The Bertz CT molecular complexity index is 779. The van der Waals surface area contributed by atoms with Crippen LogP contribution in [0.25, 0.3) is 0 Å². The minimum Gasteiger partial charge on any atom is -0.406 e. The number of rotatable bonds is 5. The zero-order valence-electron chi connectivity index (χ0n) is 14.3. The third-order valence-electron chi connectivity index (χ3n) is 4.28. The van der Waals surface area contributed by atoms with Crippen LogP contribution in [-0.2, 0) is 6.54 Å². The molecule has 1 N–H and O–H groups in total. The first-order chi connectivity index (χ1) is 12.8. The molecule has 27 heavy (non-hydrogen) atoms. The number of likely N-dealkylation sites (tertiary alicyclic amines) is 1. The summed E-state index contributed by atoms with van der Waals surface area (Å²) in [5, 5.41) is 3.61. The maximum Gasteiger partial charge on any atom is 0.573 e. The van der Waals surface area contributed by atoms with Gasteiger partial charge >= 0.3 is 6.36 Å². The predicted octanol–water partition coefficient (Wildman–Crippen LogP) is 4.24. The van der Waals surface area contributed by atoms with E-state index in [0.29, 0.717) is 17.1 Å². The monoisotopic (exact) mass is 398 g/mol. The maximum absolute atomic E-state index is 12.3. The lowest BCUT2D eigenvalue weighted by molar-refractivity contribution is -0.274. The molecule has 1 unspecified atom stereocenters. The molecule has 2 aromatic carbocycles. The highest BCUT2D eigenvalue weighted by Crippen LogP contribution is 2.23. The van der Waals surface area contributed by atoms with E-state index in [2.05, 4.69) is 15.0 Å². The molecule has 1 atom stereocenters. The van der Waals surface area contributed by atoms with Crippen LogP contribution in [0.3, 0.4) is 0 Å². The molecule has 1 aliphatic rings. The number of benzene rings is 2. The van der Waals surface area contributed by atoms with Crippen molar-refractivity contribution in [2.45, 2.75) is 25.4 Å². The molecule has 1 heterocycles. The van der Waals surface area contributed by atoms with E-state index in [4.69, 9.17) is 11.6 Å². The maximum atomic E-state index is 12.3. The number of ether oxygens (including phenoxy) is 1. The van der Waals surface area contributed by atoms with Gasteiger partial charge in [-0.3, -0.25) is 9.69 Å². The normalized spacial score (nSPS) is 17.7. The van der Waals surface area contributed by atoms with Crippen molar-refractivity contribution in [3.05, 3.63) is 64.7 Å². The smallest absolute Gasteiger partial charge is 0.406 e. The lowest BCUT2D eigenvalue weighted by atomic mass is 10.2.